The molecule has 140 valence electrons. The van der Waals surface area contributed by atoms with Gasteiger partial charge < -0.3 is 15.4 Å². The Labute approximate surface area is 162 Å². The van der Waals surface area contributed by atoms with Crippen molar-refractivity contribution in [3.63, 3.8) is 0 Å². The molecule has 0 atom stereocenters. The highest BCUT2D eigenvalue weighted by atomic mass is 32.1. The van der Waals surface area contributed by atoms with E-state index in [0.717, 1.165) is 54.9 Å². The standard InChI is InChI=1S/C19H22N6OS/c1-2-15(14-16(3-1)26-12-11-25-9-6-20-7-10-25)23-19-22-5-4-17(24-19)18-21-8-13-27-18/h1-5,8,13-14,20H,6-7,9-12H2,(H,22,23,24). The van der Waals surface area contributed by atoms with Crippen LogP contribution < -0.4 is 15.4 Å². The smallest absolute Gasteiger partial charge is 0.227 e. The van der Waals surface area contributed by atoms with Crippen molar-refractivity contribution in [1.82, 2.24) is 25.2 Å². The second-order valence-corrected chi connectivity index (χ2v) is 7.09. The van der Waals surface area contributed by atoms with E-state index < -0.39 is 0 Å². The molecule has 2 aromatic heterocycles. The number of nitrogens with zero attached hydrogens (tertiary/aromatic N) is 4. The van der Waals surface area contributed by atoms with Gasteiger partial charge in [-0.05, 0) is 18.2 Å². The molecule has 1 saturated heterocycles. The fraction of sp³-hybridized carbons (Fsp3) is 0.316. The van der Waals surface area contributed by atoms with Gasteiger partial charge in [0.2, 0.25) is 5.95 Å². The Balaban J connectivity index is 1.35. The minimum atomic E-state index is 0.542. The third-order valence-electron chi connectivity index (χ3n) is 4.28. The van der Waals surface area contributed by atoms with Crippen LogP contribution in [0.3, 0.4) is 0 Å². The Morgan fingerprint density at radius 1 is 1.15 bits per heavy atom. The summed E-state index contributed by atoms with van der Waals surface area (Å²) in [5, 5.41) is 9.42. The second-order valence-electron chi connectivity index (χ2n) is 6.20. The van der Waals surface area contributed by atoms with Crippen LogP contribution >= 0.6 is 11.3 Å². The van der Waals surface area contributed by atoms with Gasteiger partial charge in [0.05, 0.1) is 0 Å². The number of ether oxygens (including phenoxy) is 1. The highest BCUT2D eigenvalue weighted by molar-refractivity contribution is 7.13. The van der Waals surface area contributed by atoms with E-state index in [2.05, 4.69) is 30.5 Å². The molecule has 4 rings (SSSR count). The first-order chi connectivity index (χ1) is 13.4. The fourth-order valence-electron chi connectivity index (χ4n) is 2.91. The van der Waals surface area contributed by atoms with Crippen molar-refractivity contribution < 1.29 is 4.74 Å². The zero-order valence-corrected chi connectivity index (χ0v) is 15.8. The van der Waals surface area contributed by atoms with E-state index in [1.165, 1.54) is 0 Å². The predicted octanol–water partition coefficient (Wildman–Crippen LogP) is 2.63. The molecule has 1 aromatic carbocycles. The van der Waals surface area contributed by atoms with Crippen LogP contribution in [0, 0.1) is 0 Å². The molecule has 0 unspecified atom stereocenters. The van der Waals surface area contributed by atoms with Crippen molar-refractivity contribution in [1.29, 1.82) is 0 Å². The molecule has 0 bridgehead atoms. The van der Waals surface area contributed by atoms with Gasteiger partial charge in [-0.2, -0.15) is 0 Å². The van der Waals surface area contributed by atoms with Crippen molar-refractivity contribution in [3.8, 4) is 16.5 Å². The lowest BCUT2D eigenvalue weighted by Crippen LogP contribution is -2.44. The van der Waals surface area contributed by atoms with Gasteiger partial charge in [0.15, 0.2) is 0 Å². The number of piperazine rings is 1. The molecule has 0 saturated carbocycles. The van der Waals surface area contributed by atoms with Crippen molar-refractivity contribution in [2.24, 2.45) is 0 Å². The molecule has 0 amide bonds. The van der Waals surface area contributed by atoms with E-state index in [-0.39, 0.29) is 0 Å². The van der Waals surface area contributed by atoms with Crippen LogP contribution in [0.2, 0.25) is 0 Å². The molecule has 7 nitrogen and oxygen atoms in total. The van der Waals surface area contributed by atoms with Crippen molar-refractivity contribution >= 4 is 23.0 Å². The quantitative estimate of drug-likeness (QED) is 0.651. The maximum atomic E-state index is 5.92. The van der Waals surface area contributed by atoms with Crippen molar-refractivity contribution in [2.75, 3.05) is 44.6 Å². The first kappa shape index (κ1) is 17.8. The summed E-state index contributed by atoms with van der Waals surface area (Å²) in [7, 11) is 0. The number of hydrogen-bond donors (Lipinski definition) is 2. The summed E-state index contributed by atoms with van der Waals surface area (Å²) in [6.07, 6.45) is 3.51. The normalized spacial score (nSPS) is 14.8. The molecule has 0 radical (unpaired) electrons. The van der Waals surface area contributed by atoms with Crippen molar-refractivity contribution in [2.45, 2.75) is 0 Å². The summed E-state index contributed by atoms with van der Waals surface area (Å²) < 4.78 is 5.92. The molecule has 1 aliphatic heterocycles. The highest BCUT2D eigenvalue weighted by Crippen LogP contribution is 2.23. The molecule has 3 heterocycles. The summed E-state index contributed by atoms with van der Waals surface area (Å²) in [6, 6.07) is 9.74. The van der Waals surface area contributed by atoms with Crippen LogP contribution in [0.1, 0.15) is 0 Å². The Kier molecular flexibility index (Phi) is 5.88. The van der Waals surface area contributed by atoms with Gasteiger partial charge >= 0.3 is 0 Å². The maximum absolute atomic E-state index is 5.92. The lowest BCUT2D eigenvalue weighted by molar-refractivity contribution is 0.191. The number of nitrogens with one attached hydrogen (secondary N) is 2. The van der Waals surface area contributed by atoms with Crippen LogP contribution in [0.4, 0.5) is 11.6 Å². The number of aromatic nitrogens is 3. The first-order valence-electron chi connectivity index (χ1n) is 9.03. The number of hydrogen-bond acceptors (Lipinski definition) is 8. The summed E-state index contributed by atoms with van der Waals surface area (Å²) in [6.45, 7) is 5.90. The topological polar surface area (TPSA) is 75.2 Å². The zero-order chi connectivity index (χ0) is 18.3. The van der Waals surface area contributed by atoms with Crippen LogP contribution in [0.15, 0.2) is 48.1 Å². The van der Waals surface area contributed by atoms with E-state index in [1.807, 2.05) is 35.7 Å². The summed E-state index contributed by atoms with van der Waals surface area (Å²) in [5.41, 5.74) is 1.71. The number of anilines is 2. The third-order valence-corrected chi connectivity index (χ3v) is 5.08. The van der Waals surface area contributed by atoms with Gasteiger partial charge in [0.25, 0.3) is 0 Å². The monoisotopic (exact) mass is 382 g/mol. The second kappa shape index (κ2) is 8.90. The van der Waals surface area contributed by atoms with Gasteiger partial charge in [-0.3, -0.25) is 4.90 Å². The van der Waals surface area contributed by atoms with Crippen LogP contribution in [0.5, 0.6) is 5.75 Å². The molecule has 1 fully saturated rings. The predicted molar refractivity (Wildman–Crippen MR) is 108 cm³/mol. The Hall–Kier alpha value is -2.55. The zero-order valence-electron chi connectivity index (χ0n) is 15.0. The lowest BCUT2D eigenvalue weighted by Gasteiger charge is -2.26. The van der Waals surface area contributed by atoms with E-state index in [9.17, 15) is 0 Å². The molecular formula is C19H22N6OS. The molecule has 1 aliphatic rings. The third kappa shape index (κ3) is 5.00. The van der Waals surface area contributed by atoms with E-state index in [1.54, 1.807) is 23.7 Å². The van der Waals surface area contributed by atoms with Gasteiger partial charge in [-0.25, -0.2) is 15.0 Å². The van der Waals surface area contributed by atoms with Gasteiger partial charge in [-0.1, -0.05) is 6.07 Å². The average Bonchev–Trinajstić information content (AvgIpc) is 3.24. The molecule has 8 heteroatoms. The van der Waals surface area contributed by atoms with E-state index in [0.29, 0.717) is 12.6 Å². The highest BCUT2D eigenvalue weighted by Gasteiger charge is 2.09. The SMILES string of the molecule is c1cc(Nc2nccc(-c3nccs3)n2)cc(OCCN2CCNCC2)c1. The molecular weight excluding hydrogens is 360 g/mol. The van der Waals surface area contributed by atoms with Gasteiger partial charge in [0, 0.05) is 62.3 Å². The minimum Gasteiger partial charge on any atom is -0.492 e. The number of benzene rings is 1. The largest absolute Gasteiger partial charge is 0.492 e. The van der Waals surface area contributed by atoms with Crippen molar-refractivity contribution in [3.05, 3.63) is 48.1 Å². The maximum Gasteiger partial charge on any atom is 0.227 e. The van der Waals surface area contributed by atoms with Crippen LogP contribution in [0.25, 0.3) is 10.7 Å². The van der Waals surface area contributed by atoms with Gasteiger partial charge in [0.1, 0.15) is 23.1 Å². The molecule has 27 heavy (non-hydrogen) atoms. The molecule has 2 N–H and O–H groups in total. The Morgan fingerprint density at radius 3 is 2.93 bits per heavy atom. The average molecular weight is 382 g/mol. The van der Waals surface area contributed by atoms with E-state index in [4.69, 9.17) is 4.74 Å². The van der Waals surface area contributed by atoms with Crippen LogP contribution in [-0.4, -0.2) is 59.2 Å². The lowest BCUT2D eigenvalue weighted by atomic mass is 10.3. The molecule has 3 aromatic rings. The Morgan fingerprint density at radius 2 is 2.07 bits per heavy atom. The minimum absolute atomic E-state index is 0.542. The fourth-order valence-corrected chi connectivity index (χ4v) is 3.51. The summed E-state index contributed by atoms with van der Waals surface area (Å²) >= 11 is 1.56. The van der Waals surface area contributed by atoms with E-state index >= 15 is 0 Å². The van der Waals surface area contributed by atoms with Gasteiger partial charge in [-0.15, -0.1) is 11.3 Å². The Bertz CT molecular complexity index is 851. The summed E-state index contributed by atoms with van der Waals surface area (Å²) in [5.74, 6) is 1.38. The number of rotatable bonds is 7. The summed E-state index contributed by atoms with van der Waals surface area (Å²) in [4.78, 5) is 15.5. The van der Waals surface area contributed by atoms with Crippen LogP contribution in [-0.2, 0) is 0 Å². The number of thiazole rings is 1. The molecule has 0 aliphatic carbocycles. The molecule has 0 spiro atoms. The first-order valence-corrected chi connectivity index (χ1v) is 9.91.